The molecule has 1 unspecified atom stereocenters. The third-order valence-electron chi connectivity index (χ3n) is 5.82. The summed E-state index contributed by atoms with van der Waals surface area (Å²) in [5, 5.41) is 4.77. The molecule has 0 aliphatic carbocycles. The number of hydrogen-bond donors (Lipinski definition) is 0. The Morgan fingerprint density at radius 3 is 1.85 bits per heavy atom. The van der Waals surface area contributed by atoms with Crippen LogP contribution in [0.4, 0.5) is 0 Å². The summed E-state index contributed by atoms with van der Waals surface area (Å²) in [5.74, 6) is 0. The molecule has 0 N–H and O–H groups in total. The van der Waals surface area contributed by atoms with Crippen molar-refractivity contribution in [1.29, 1.82) is 0 Å². The van der Waals surface area contributed by atoms with E-state index < -0.39 is 19.1 Å². The molecule has 0 fully saturated rings. The van der Waals surface area contributed by atoms with Gasteiger partial charge in [-0.2, -0.15) is 4.08 Å². The van der Waals surface area contributed by atoms with Gasteiger partial charge in [-0.1, -0.05) is 121 Å². The SMILES string of the molecule is Cc1ccc(S(=O)N(Cc2cccc3ccccc23)P(c2ccccc2)c2ccccc2)cc1. The molecular formula is C30H26NOPS. The second-order valence-electron chi connectivity index (χ2n) is 8.19. The van der Waals surface area contributed by atoms with Crippen LogP contribution in [0.1, 0.15) is 11.1 Å². The minimum absolute atomic E-state index is 0.581. The van der Waals surface area contributed by atoms with Gasteiger partial charge < -0.3 is 0 Å². The first kappa shape index (κ1) is 22.7. The van der Waals surface area contributed by atoms with E-state index in [0.29, 0.717) is 6.54 Å². The van der Waals surface area contributed by atoms with E-state index in [1.165, 1.54) is 26.9 Å². The summed E-state index contributed by atoms with van der Waals surface area (Å²) in [4.78, 5) is 0.824. The van der Waals surface area contributed by atoms with Crippen LogP contribution in [0.15, 0.2) is 132 Å². The van der Waals surface area contributed by atoms with Crippen LogP contribution < -0.4 is 10.6 Å². The van der Waals surface area contributed by atoms with E-state index in [2.05, 4.69) is 102 Å². The van der Waals surface area contributed by atoms with Gasteiger partial charge in [0.2, 0.25) is 0 Å². The third kappa shape index (κ3) is 4.88. The van der Waals surface area contributed by atoms with E-state index in [1.807, 2.05) is 36.4 Å². The van der Waals surface area contributed by atoms with Crippen LogP contribution in [0, 0.1) is 6.92 Å². The number of rotatable bonds is 7. The molecule has 1 atom stereocenters. The van der Waals surface area contributed by atoms with Crippen LogP contribution in [0.2, 0.25) is 0 Å². The summed E-state index contributed by atoms with van der Waals surface area (Å²) >= 11 is 0. The van der Waals surface area contributed by atoms with Gasteiger partial charge >= 0.3 is 0 Å². The van der Waals surface area contributed by atoms with Crippen molar-refractivity contribution in [1.82, 2.24) is 4.08 Å². The van der Waals surface area contributed by atoms with Crippen LogP contribution in [0.3, 0.4) is 0 Å². The van der Waals surface area contributed by atoms with E-state index in [0.717, 1.165) is 10.5 Å². The topological polar surface area (TPSA) is 20.3 Å². The molecule has 0 amide bonds. The zero-order valence-electron chi connectivity index (χ0n) is 19.0. The Hall–Kier alpha value is -3.10. The molecule has 0 aliphatic heterocycles. The lowest BCUT2D eigenvalue weighted by molar-refractivity contribution is 0.623. The zero-order chi connectivity index (χ0) is 23.3. The van der Waals surface area contributed by atoms with Crippen LogP contribution in [0.5, 0.6) is 0 Å². The zero-order valence-corrected chi connectivity index (χ0v) is 20.8. The van der Waals surface area contributed by atoms with Gasteiger partial charge in [0.15, 0.2) is 0 Å². The average molecular weight is 480 g/mol. The first-order chi connectivity index (χ1) is 16.7. The van der Waals surface area contributed by atoms with Gasteiger partial charge in [0.25, 0.3) is 0 Å². The molecule has 0 aromatic heterocycles. The fraction of sp³-hybridized carbons (Fsp3) is 0.0667. The van der Waals surface area contributed by atoms with Crippen LogP contribution in [-0.4, -0.2) is 8.28 Å². The van der Waals surface area contributed by atoms with Crippen LogP contribution >= 0.6 is 8.07 Å². The van der Waals surface area contributed by atoms with Crippen molar-refractivity contribution in [2.45, 2.75) is 18.4 Å². The van der Waals surface area contributed by atoms with Crippen LogP contribution in [-0.2, 0) is 17.5 Å². The van der Waals surface area contributed by atoms with Gasteiger partial charge in [-0.05, 0) is 46.0 Å². The third-order valence-corrected chi connectivity index (χ3v) is 10.1. The first-order valence-electron chi connectivity index (χ1n) is 11.3. The highest BCUT2D eigenvalue weighted by molar-refractivity contribution is 7.92. The lowest BCUT2D eigenvalue weighted by Crippen LogP contribution is -2.30. The van der Waals surface area contributed by atoms with Gasteiger partial charge in [-0.15, -0.1) is 0 Å². The number of fused-ring (bicyclic) bond motifs is 1. The van der Waals surface area contributed by atoms with E-state index in [9.17, 15) is 4.21 Å². The quantitative estimate of drug-likeness (QED) is 0.237. The van der Waals surface area contributed by atoms with E-state index in [1.54, 1.807) is 0 Å². The summed E-state index contributed by atoms with van der Waals surface area (Å²) in [6.45, 7) is 2.64. The summed E-state index contributed by atoms with van der Waals surface area (Å²) < 4.78 is 16.4. The van der Waals surface area contributed by atoms with Gasteiger partial charge in [0, 0.05) is 14.6 Å². The fourth-order valence-electron chi connectivity index (χ4n) is 4.10. The Labute approximate surface area is 205 Å². The monoisotopic (exact) mass is 479 g/mol. The maximum absolute atomic E-state index is 14.2. The standard InChI is InChI=1S/C30H26NOPS/c1-24-19-21-29(22-20-24)34(32)31(23-26-13-10-12-25-11-8-9-18-30(25)26)33(27-14-4-2-5-15-27)28-16-6-3-7-17-28/h2-22H,23H2,1H3. The molecule has 0 saturated heterocycles. The summed E-state index contributed by atoms with van der Waals surface area (Å²) in [7, 11) is -2.37. The fourth-order valence-corrected chi connectivity index (χ4v) is 8.43. The molecule has 5 aromatic rings. The molecule has 5 rings (SSSR count). The molecular weight excluding hydrogens is 453 g/mol. The number of benzene rings is 5. The minimum atomic E-state index is -1.34. The Balaban J connectivity index is 1.67. The molecule has 2 nitrogen and oxygen atoms in total. The van der Waals surface area contributed by atoms with Crippen molar-refractivity contribution in [3.8, 4) is 0 Å². The lowest BCUT2D eigenvalue weighted by atomic mass is 10.1. The average Bonchev–Trinajstić information content (AvgIpc) is 2.90. The molecule has 4 heteroatoms. The van der Waals surface area contributed by atoms with Crippen molar-refractivity contribution in [2.75, 3.05) is 0 Å². The predicted molar refractivity (Wildman–Crippen MR) is 146 cm³/mol. The van der Waals surface area contributed by atoms with Crippen molar-refractivity contribution < 1.29 is 4.21 Å². The molecule has 34 heavy (non-hydrogen) atoms. The first-order valence-corrected chi connectivity index (χ1v) is 13.7. The molecule has 5 aromatic carbocycles. The van der Waals surface area contributed by atoms with Gasteiger partial charge in [-0.25, -0.2) is 4.21 Å². The Kier molecular flexibility index (Phi) is 6.97. The van der Waals surface area contributed by atoms with Gasteiger partial charge in [0.05, 0.1) is 4.90 Å². The lowest BCUT2D eigenvalue weighted by Gasteiger charge is -2.31. The Bertz CT molecular complexity index is 1360. The molecule has 0 spiro atoms. The normalized spacial score (nSPS) is 12.3. The largest absolute Gasteiger partial charge is 0.237 e. The highest BCUT2D eigenvalue weighted by atomic mass is 32.2. The molecule has 0 saturated carbocycles. The maximum Gasteiger partial charge on any atom is 0.132 e. The number of aryl methyl sites for hydroxylation is 1. The predicted octanol–water partition coefficient (Wildman–Crippen LogP) is 6.72. The second kappa shape index (κ2) is 10.4. The number of nitrogens with zero attached hydrogens (tertiary/aromatic N) is 1. The van der Waals surface area contributed by atoms with Crippen molar-refractivity contribution in [2.24, 2.45) is 0 Å². The van der Waals surface area contributed by atoms with Gasteiger partial charge in [0.1, 0.15) is 11.0 Å². The minimum Gasteiger partial charge on any atom is -0.237 e. The van der Waals surface area contributed by atoms with E-state index in [4.69, 9.17) is 0 Å². The molecule has 0 heterocycles. The smallest absolute Gasteiger partial charge is 0.132 e. The summed E-state index contributed by atoms with van der Waals surface area (Å²) in [6.07, 6.45) is 0. The second-order valence-corrected chi connectivity index (χ2v) is 12.0. The number of hydrogen-bond acceptors (Lipinski definition) is 1. The molecule has 0 radical (unpaired) electrons. The van der Waals surface area contributed by atoms with Crippen molar-refractivity contribution >= 4 is 40.4 Å². The van der Waals surface area contributed by atoms with Crippen molar-refractivity contribution in [3.05, 3.63) is 139 Å². The van der Waals surface area contributed by atoms with E-state index >= 15 is 0 Å². The van der Waals surface area contributed by atoms with E-state index in [-0.39, 0.29) is 0 Å². The summed E-state index contributed by atoms with van der Waals surface area (Å²) in [5.41, 5.74) is 2.34. The Morgan fingerprint density at radius 1 is 0.647 bits per heavy atom. The van der Waals surface area contributed by atoms with Gasteiger partial charge in [-0.3, -0.25) is 0 Å². The molecule has 0 bridgehead atoms. The Morgan fingerprint density at radius 2 is 1.21 bits per heavy atom. The highest BCUT2D eigenvalue weighted by Gasteiger charge is 2.28. The molecule has 0 aliphatic rings. The van der Waals surface area contributed by atoms with Crippen LogP contribution in [0.25, 0.3) is 10.8 Å². The molecule has 168 valence electrons. The van der Waals surface area contributed by atoms with Crippen molar-refractivity contribution in [3.63, 3.8) is 0 Å². The maximum atomic E-state index is 14.2. The summed E-state index contributed by atoms with van der Waals surface area (Å²) in [6, 6.07) is 43.8. The highest BCUT2D eigenvalue weighted by Crippen LogP contribution is 2.43.